The maximum absolute atomic E-state index is 14.5. The lowest BCUT2D eigenvalue weighted by atomic mass is 9.94. The van der Waals surface area contributed by atoms with E-state index in [1.54, 1.807) is 41.5 Å². The van der Waals surface area contributed by atoms with Crippen molar-refractivity contribution in [2.24, 2.45) is 34.2 Å². The molecular formula is C44H70N10O16S. The molecule has 7 amide bonds. The summed E-state index contributed by atoms with van der Waals surface area (Å²) in [5.41, 5.74) is 11.4. The van der Waals surface area contributed by atoms with Crippen LogP contribution >= 0.6 is 0 Å². The Hall–Kier alpha value is -6.16. The normalized spacial score (nSPS) is 25.1. The molecule has 2 saturated heterocycles. The van der Waals surface area contributed by atoms with Crippen molar-refractivity contribution < 1.29 is 75.6 Å². The average molecular weight is 1030 g/mol. The number of aliphatic hydroxyl groups is 2. The number of esters is 1. The van der Waals surface area contributed by atoms with Crippen molar-refractivity contribution >= 4 is 63.7 Å². The molecule has 2 bridgehead atoms. The monoisotopic (exact) mass is 1030 g/mol. The number of cyclic esters (lactones) is 1. The summed E-state index contributed by atoms with van der Waals surface area (Å²) in [6.07, 6.45) is -6.08. The van der Waals surface area contributed by atoms with Crippen LogP contribution in [0.2, 0.25) is 0 Å². The van der Waals surface area contributed by atoms with Gasteiger partial charge in [-0.05, 0) is 80.9 Å². The van der Waals surface area contributed by atoms with Crippen LogP contribution in [-0.4, -0.2) is 160 Å². The van der Waals surface area contributed by atoms with Crippen LogP contribution in [0.4, 0.5) is 0 Å². The van der Waals surface area contributed by atoms with E-state index in [1.165, 1.54) is 31.2 Å². The summed E-state index contributed by atoms with van der Waals surface area (Å²) in [5.74, 6) is -9.87. The van der Waals surface area contributed by atoms with Crippen LogP contribution < -0.4 is 43.4 Å². The van der Waals surface area contributed by atoms with Gasteiger partial charge in [-0.3, -0.25) is 43.1 Å². The van der Waals surface area contributed by atoms with E-state index in [4.69, 9.17) is 20.8 Å². The molecule has 0 unspecified atom stereocenters. The number of guanidine groups is 1. The van der Waals surface area contributed by atoms with Crippen molar-refractivity contribution in [3.63, 3.8) is 0 Å². The van der Waals surface area contributed by atoms with Crippen molar-refractivity contribution in [1.29, 1.82) is 0 Å². The van der Waals surface area contributed by atoms with E-state index in [0.29, 0.717) is 5.56 Å². The van der Waals surface area contributed by atoms with Gasteiger partial charge in [-0.2, -0.15) is 8.42 Å². The number of piperidine rings is 1. The number of fused-ring (bicyclic) bond motifs is 2. The Kier molecular flexibility index (Phi) is 22.4. The predicted molar refractivity (Wildman–Crippen MR) is 252 cm³/mol. The first-order valence-electron chi connectivity index (χ1n) is 23.2. The largest absolute Gasteiger partial charge is 0.508 e. The lowest BCUT2D eigenvalue weighted by molar-refractivity contribution is -0.162. The number of aliphatic hydroxyl groups excluding tert-OH is 2. The van der Waals surface area contributed by atoms with Crippen LogP contribution in [0.5, 0.6) is 5.75 Å². The van der Waals surface area contributed by atoms with E-state index >= 15 is 0 Å². The van der Waals surface area contributed by atoms with Gasteiger partial charge in [0.05, 0.1) is 0 Å². The van der Waals surface area contributed by atoms with Gasteiger partial charge in [0.15, 0.2) is 12.1 Å². The summed E-state index contributed by atoms with van der Waals surface area (Å²) in [7, 11) is -5.08. The Balaban J connectivity index is 2.20. The fraction of sp³-hybridized carbons (Fsp3) is 0.659. The molecule has 2 aliphatic rings. The van der Waals surface area contributed by atoms with Gasteiger partial charge < -0.3 is 68.3 Å². The number of carbonyl (C=O) groups is 8. The topological polar surface area (TPSA) is 410 Å². The second-order valence-electron chi connectivity index (χ2n) is 18.7. The van der Waals surface area contributed by atoms with Crippen molar-refractivity contribution in [3.8, 4) is 5.75 Å². The van der Waals surface area contributed by atoms with E-state index in [2.05, 4.69) is 41.1 Å². The standard InChI is InChI=1S/C44H70N10O16S/c1-21(2)17-29(51-40(62)32(56)20-69-71(66,67)68)37(59)53-35-24(7)70-43(65)34(23(5)6)52-38(60)30(19-25-10-12-26(55)13-11-25)50-39(61)31(18-22(3)4)54-33(57)15-14-28(42(54)64)49-36(58)27(48-41(35)63)9-8-16-47-44(45)46/h10-13,21-24,27-35,55-57H,8-9,14-20H2,1-7H3,(H,48,63)(H,49,58)(H,50,61)(H,51,62)(H,52,60)(H,53,59)(H4,45,46,47)(H,66,67,68)/t24-,27+,28+,29-,30-,31+,32-,33+,34-,35+/m1/s1. The van der Waals surface area contributed by atoms with Gasteiger partial charge in [0.1, 0.15) is 67.0 Å². The van der Waals surface area contributed by atoms with Gasteiger partial charge in [-0.15, -0.1) is 0 Å². The van der Waals surface area contributed by atoms with Crippen LogP contribution in [0.1, 0.15) is 92.6 Å². The molecule has 0 aliphatic carbocycles. The number of phenolic OH excluding ortho intramolecular Hbond substituents is 1. The summed E-state index contributed by atoms with van der Waals surface area (Å²) in [4.78, 5) is 118. The fourth-order valence-electron chi connectivity index (χ4n) is 7.77. The molecule has 2 fully saturated rings. The number of nitrogens with zero attached hydrogens (tertiary/aromatic N) is 2. The average Bonchev–Trinajstić information content (AvgIpc) is 3.26. The highest BCUT2D eigenvalue weighted by molar-refractivity contribution is 7.80. The van der Waals surface area contributed by atoms with Gasteiger partial charge in [-0.25, -0.2) is 8.98 Å². The molecule has 10 atom stereocenters. The third kappa shape index (κ3) is 18.8. The predicted octanol–water partition coefficient (Wildman–Crippen LogP) is -2.92. The minimum absolute atomic E-state index is 0.0109. The summed E-state index contributed by atoms with van der Waals surface area (Å²) >= 11 is 0. The quantitative estimate of drug-likeness (QED) is 0.0230. The number of rotatable bonds is 18. The van der Waals surface area contributed by atoms with Gasteiger partial charge in [0, 0.05) is 13.0 Å². The molecule has 26 nitrogen and oxygen atoms in total. The number of nitrogens with one attached hydrogen (secondary N) is 6. The van der Waals surface area contributed by atoms with Crippen molar-refractivity contribution in [2.75, 3.05) is 13.2 Å². The molecule has 1 aromatic carbocycles. The van der Waals surface area contributed by atoms with Crippen LogP contribution in [-0.2, 0) is 64.1 Å². The summed E-state index contributed by atoms with van der Waals surface area (Å²) in [6.45, 7) is 9.94. The number of nitrogens with two attached hydrogens (primary N) is 2. The highest BCUT2D eigenvalue weighted by Gasteiger charge is 2.44. The Bertz CT molecular complexity index is 2190. The minimum Gasteiger partial charge on any atom is -0.508 e. The number of hydrogen-bond acceptors (Lipinski definition) is 16. The highest BCUT2D eigenvalue weighted by atomic mass is 32.3. The Morgan fingerprint density at radius 2 is 1.51 bits per heavy atom. The number of hydrogen-bond donors (Lipinski definition) is 12. The Labute approximate surface area is 412 Å². The second kappa shape index (κ2) is 26.9. The van der Waals surface area contributed by atoms with E-state index in [-0.39, 0.29) is 75.0 Å². The first kappa shape index (κ1) is 59.2. The molecule has 398 valence electrons. The van der Waals surface area contributed by atoms with Gasteiger partial charge in [0.2, 0.25) is 35.4 Å². The molecule has 0 saturated carbocycles. The number of benzene rings is 1. The zero-order valence-electron chi connectivity index (χ0n) is 40.8. The van der Waals surface area contributed by atoms with Gasteiger partial charge in [-0.1, -0.05) is 53.7 Å². The van der Waals surface area contributed by atoms with Crippen LogP contribution in [0.3, 0.4) is 0 Å². The summed E-state index contributed by atoms with van der Waals surface area (Å²) in [6, 6.07) is -4.95. The number of ether oxygens (including phenoxy) is 1. The van der Waals surface area contributed by atoms with Crippen molar-refractivity contribution in [1.82, 2.24) is 36.8 Å². The molecule has 3 rings (SSSR count). The first-order valence-corrected chi connectivity index (χ1v) is 24.6. The Morgan fingerprint density at radius 1 is 0.887 bits per heavy atom. The number of phenols is 1. The molecule has 71 heavy (non-hydrogen) atoms. The molecule has 0 radical (unpaired) electrons. The zero-order chi connectivity index (χ0) is 53.5. The van der Waals surface area contributed by atoms with E-state index < -0.39 is 131 Å². The molecule has 14 N–H and O–H groups in total. The lowest BCUT2D eigenvalue weighted by Crippen LogP contribution is -2.65. The number of aromatic hydroxyl groups is 1. The maximum atomic E-state index is 14.5. The van der Waals surface area contributed by atoms with E-state index in [1.807, 2.05) is 0 Å². The van der Waals surface area contributed by atoms with Crippen molar-refractivity contribution in [2.45, 2.75) is 154 Å². The molecular weight excluding hydrogens is 957 g/mol. The molecule has 2 aliphatic heterocycles. The third-order valence-corrected chi connectivity index (χ3v) is 11.8. The summed E-state index contributed by atoms with van der Waals surface area (Å²) < 4.78 is 40.9. The van der Waals surface area contributed by atoms with Crippen LogP contribution in [0.15, 0.2) is 29.3 Å². The summed E-state index contributed by atoms with van der Waals surface area (Å²) in [5, 5.41) is 46.7. The number of aliphatic imine (C=N–C) groups is 1. The molecule has 1 aromatic rings. The van der Waals surface area contributed by atoms with Gasteiger partial charge >= 0.3 is 16.4 Å². The lowest BCUT2D eigenvalue weighted by Gasteiger charge is -2.42. The fourth-order valence-corrected chi connectivity index (χ4v) is 8.07. The highest BCUT2D eigenvalue weighted by Crippen LogP contribution is 2.25. The molecule has 27 heteroatoms. The van der Waals surface area contributed by atoms with Crippen LogP contribution in [0, 0.1) is 17.8 Å². The second-order valence-corrected chi connectivity index (χ2v) is 19.8. The Morgan fingerprint density at radius 3 is 2.08 bits per heavy atom. The van der Waals surface area contributed by atoms with Crippen molar-refractivity contribution in [3.05, 3.63) is 29.8 Å². The van der Waals surface area contributed by atoms with E-state index in [0.717, 1.165) is 4.90 Å². The minimum atomic E-state index is -5.08. The number of carbonyl (C=O) groups excluding carboxylic acids is 8. The van der Waals surface area contributed by atoms with Crippen LogP contribution in [0.25, 0.3) is 0 Å². The van der Waals surface area contributed by atoms with E-state index in [9.17, 15) is 62.1 Å². The molecule has 0 spiro atoms. The third-order valence-electron chi connectivity index (χ3n) is 11.4. The smallest absolute Gasteiger partial charge is 0.397 e. The molecule has 0 aromatic heterocycles. The molecule has 2 heterocycles. The maximum Gasteiger partial charge on any atom is 0.397 e. The number of amides is 7. The zero-order valence-corrected chi connectivity index (χ0v) is 41.6. The van der Waals surface area contributed by atoms with Gasteiger partial charge in [0.25, 0.3) is 5.91 Å². The first-order chi connectivity index (χ1) is 33.1. The SMILES string of the molecule is CC(C)C[C@@H](NC(=O)[C@H](O)COS(=O)(=O)O)C(=O)N[C@@H]1C(=O)N[C@@H](CCCN=C(N)N)C(=O)N[C@H]2CC[C@H](O)N(C2=O)[C@@H](CC(C)C)C(=O)N[C@H](Cc2ccc(O)cc2)C(=O)N[C@H](C(C)C)C(=O)O[C@@H]1C.